The van der Waals surface area contributed by atoms with Crippen LogP contribution >= 0.6 is 0 Å². The zero-order valence-electron chi connectivity index (χ0n) is 8.66. The predicted molar refractivity (Wildman–Crippen MR) is 57.5 cm³/mol. The van der Waals surface area contributed by atoms with Crippen molar-refractivity contribution >= 4 is 11.6 Å². The summed E-state index contributed by atoms with van der Waals surface area (Å²) in [7, 11) is 0. The highest BCUT2D eigenvalue weighted by molar-refractivity contribution is 5.97. The zero-order chi connectivity index (χ0) is 11.6. The number of halogens is 1. The van der Waals surface area contributed by atoms with E-state index in [2.05, 4.69) is 10.6 Å². The van der Waals surface area contributed by atoms with Gasteiger partial charge in [0.2, 0.25) is 0 Å². The third-order valence-electron chi connectivity index (χ3n) is 2.64. The highest BCUT2D eigenvalue weighted by Gasteiger charge is 2.38. The van der Waals surface area contributed by atoms with Crippen LogP contribution in [0.5, 0.6) is 0 Å². The first-order valence-corrected chi connectivity index (χ1v) is 5.10. The van der Waals surface area contributed by atoms with Gasteiger partial charge in [-0.25, -0.2) is 4.39 Å². The highest BCUT2D eigenvalue weighted by atomic mass is 19.1. The predicted octanol–water partition coefficient (Wildman–Crippen LogP) is 0.489. The molecule has 1 aromatic rings. The van der Waals surface area contributed by atoms with Gasteiger partial charge in [-0.2, -0.15) is 0 Å². The lowest BCUT2D eigenvalue weighted by Crippen LogP contribution is -2.44. The third-order valence-corrected chi connectivity index (χ3v) is 2.64. The van der Waals surface area contributed by atoms with Crippen LogP contribution in [0.15, 0.2) is 24.3 Å². The third kappa shape index (κ3) is 2.20. The average molecular weight is 224 g/mol. The Labute approximate surface area is 92.5 Å². The van der Waals surface area contributed by atoms with Gasteiger partial charge in [-0.05, 0) is 31.2 Å². The van der Waals surface area contributed by atoms with E-state index in [-0.39, 0.29) is 6.54 Å². The molecular weight excluding hydrogens is 211 g/mol. The molecule has 3 N–H and O–H groups in total. The topological polar surface area (TPSA) is 61.4 Å². The Hall–Kier alpha value is -1.46. The Morgan fingerprint density at radius 2 is 2.38 bits per heavy atom. The van der Waals surface area contributed by atoms with Gasteiger partial charge in [-0.15, -0.1) is 0 Å². The lowest BCUT2D eigenvalue weighted by Gasteiger charge is -2.20. The summed E-state index contributed by atoms with van der Waals surface area (Å²) < 4.78 is 12.9. The van der Waals surface area contributed by atoms with E-state index >= 15 is 0 Å². The molecule has 1 amide bonds. The molecule has 1 aliphatic heterocycles. The molecule has 5 heteroatoms. The molecule has 1 aliphatic rings. The Kier molecular flexibility index (Phi) is 2.89. The van der Waals surface area contributed by atoms with Crippen LogP contribution in [0.3, 0.4) is 0 Å². The quantitative estimate of drug-likeness (QED) is 0.685. The summed E-state index contributed by atoms with van der Waals surface area (Å²) in [4.78, 5) is 11.7. The number of benzene rings is 1. The van der Waals surface area contributed by atoms with Crippen molar-refractivity contribution in [2.75, 3.05) is 18.4 Å². The van der Waals surface area contributed by atoms with Crippen LogP contribution in [-0.2, 0) is 4.79 Å². The van der Waals surface area contributed by atoms with Gasteiger partial charge in [0.05, 0.1) is 0 Å². The number of β-amino-alcohol motifs (C(OH)–C–C–N with tert-alkyl or cyclic N) is 1. The fraction of sp³-hybridized carbons (Fsp3) is 0.364. The smallest absolute Gasteiger partial charge is 0.257 e. The van der Waals surface area contributed by atoms with E-state index in [1.807, 2.05) is 0 Å². The first-order chi connectivity index (χ1) is 7.60. The zero-order valence-corrected chi connectivity index (χ0v) is 8.66. The number of hydrogen-bond donors (Lipinski definition) is 3. The molecule has 16 heavy (non-hydrogen) atoms. The second kappa shape index (κ2) is 4.19. The number of carbonyl (C=O) groups excluding carboxylic acids is 1. The molecule has 0 aliphatic carbocycles. The number of hydrogen-bond acceptors (Lipinski definition) is 3. The lowest BCUT2D eigenvalue weighted by molar-refractivity contribution is -0.132. The number of rotatable bonds is 2. The Morgan fingerprint density at radius 1 is 1.56 bits per heavy atom. The molecule has 4 nitrogen and oxygen atoms in total. The van der Waals surface area contributed by atoms with E-state index in [1.165, 1.54) is 18.2 Å². The summed E-state index contributed by atoms with van der Waals surface area (Å²) in [6.07, 6.45) is 0.369. The van der Waals surface area contributed by atoms with Crippen LogP contribution in [0.2, 0.25) is 0 Å². The Morgan fingerprint density at radius 3 is 3.00 bits per heavy atom. The van der Waals surface area contributed by atoms with Crippen molar-refractivity contribution < 1.29 is 14.3 Å². The van der Waals surface area contributed by atoms with Gasteiger partial charge >= 0.3 is 0 Å². The van der Waals surface area contributed by atoms with Gasteiger partial charge in [0, 0.05) is 12.2 Å². The molecular formula is C11H13FN2O2. The first-order valence-electron chi connectivity index (χ1n) is 5.10. The maximum absolute atomic E-state index is 12.9. The van der Waals surface area contributed by atoms with Crippen LogP contribution in [0.4, 0.5) is 10.1 Å². The van der Waals surface area contributed by atoms with E-state index < -0.39 is 17.3 Å². The van der Waals surface area contributed by atoms with Crippen LogP contribution in [-0.4, -0.2) is 29.7 Å². The second-order valence-electron chi connectivity index (χ2n) is 3.92. The van der Waals surface area contributed by atoms with Gasteiger partial charge < -0.3 is 15.7 Å². The Balaban J connectivity index is 2.07. The van der Waals surface area contributed by atoms with Crippen molar-refractivity contribution in [3.8, 4) is 0 Å². The van der Waals surface area contributed by atoms with Crippen LogP contribution in [0, 0.1) is 5.82 Å². The maximum atomic E-state index is 12.9. The average Bonchev–Trinajstić information content (AvgIpc) is 2.66. The molecule has 1 saturated heterocycles. The summed E-state index contributed by atoms with van der Waals surface area (Å²) in [5.41, 5.74) is -1.03. The molecule has 1 aromatic carbocycles. The molecule has 1 unspecified atom stereocenters. The molecule has 1 heterocycles. The first kappa shape index (κ1) is 11.0. The minimum atomic E-state index is -1.38. The van der Waals surface area contributed by atoms with Gasteiger partial charge in [-0.1, -0.05) is 6.07 Å². The van der Waals surface area contributed by atoms with Crippen molar-refractivity contribution in [3.63, 3.8) is 0 Å². The second-order valence-corrected chi connectivity index (χ2v) is 3.92. The number of anilines is 1. The molecule has 0 saturated carbocycles. The minimum absolute atomic E-state index is 0.230. The van der Waals surface area contributed by atoms with Crippen LogP contribution < -0.4 is 10.6 Å². The van der Waals surface area contributed by atoms with Crippen molar-refractivity contribution in [1.29, 1.82) is 0 Å². The molecule has 0 aromatic heterocycles. The molecule has 1 atom stereocenters. The summed E-state index contributed by atoms with van der Waals surface area (Å²) in [6, 6.07) is 5.58. The lowest BCUT2D eigenvalue weighted by atomic mass is 10.0. The van der Waals surface area contributed by atoms with Crippen molar-refractivity contribution in [3.05, 3.63) is 30.1 Å². The summed E-state index contributed by atoms with van der Waals surface area (Å²) >= 11 is 0. The van der Waals surface area contributed by atoms with E-state index in [0.717, 1.165) is 0 Å². The SMILES string of the molecule is O=C(Nc1cccc(F)c1)C1(O)CCNC1. The summed E-state index contributed by atoms with van der Waals surface area (Å²) in [5, 5.41) is 15.3. The molecule has 0 bridgehead atoms. The van der Waals surface area contributed by atoms with E-state index in [4.69, 9.17) is 0 Å². The number of carbonyl (C=O) groups is 1. The molecule has 1 fully saturated rings. The number of amides is 1. The number of nitrogens with one attached hydrogen (secondary N) is 2. The van der Waals surface area contributed by atoms with Crippen LogP contribution in [0.1, 0.15) is 6.42 Å². The van der Waals surface area contributed by atoms with Gasteiger partial charge in [0.25, 0.3) is 5.91 Å². The maximum Gasteiger partial charge on any atom is 0.257 e. The Bertz CT molecular complexity index is 403. The molecule has 0 spiro atoms. The largest absolute Gasteiger partial charge is 0.379 e. The fourth-order valence-corrected chi connectivity index (χ4v) is 1.69. The van der Waals surface area contributed by atoms with Crippen LogP contribution in [0.25, 0.3) is 0 Å². The van der Waals surface area contributed by atoms with E-state index in [9.17, 15) is 14.3 Å². The standard InChI is InChI=1S/C11H13FN2O2/c12-8-2-1-3-9(6-8)14-10(15)11(16)4-5-13-7-11/h1-3,6,13,16H,4-5,7H2,(H,14,15). The summed E-state index contributed by atoms with van der Waals surface area (Å²) in [5.74, 6) is -0.919. The van der Waals surface area contributed by atoms with Crippen molar-refractivity contribution in [2.24, 2.45) is 0 Å². The normalized spacial score (nSPS) is 24.4. The highest BCUT2D eigenvalue weighted by Crippen LogP contribution is 2.18. The molecule has 86 valence electrons. The number of aliphatic hydroxyl groups is 1. The van der Waals surface area contributed by atoms with Crippen molar-refractivity contribution in [1.82, 2.24) is 5.32 Å². The summed E-state index contributed by atoms with van der Waals surface area (Å²) in [6.45, 7) is 0.835. The van der Waals surface area contributed by atoms with Gasteiger partial charge in [0.1, 0.15) is 5.82 Å². The monoisotopic (exact) mass is 224 g/mol. The van der Waals surface area contributed by atoms with E-state index in [0.29, 0.717) is 18.7 Å². The van der Waals surface area contributed by atoms with Gasteiger partial charge in [-0.3, -0.25) is 4.79 Å². The minimum Gasteiger partial charge on any atom is -0.379 e. The van der Waals surface area contributed by atoms with Gasteiger partial charge in [0.15, 0.2) is 5.60 Å². The molecule has 2 rings (SSSR count). The molecule has 0 radical (unpaired) electrons. The fourth-order valence-electron chi connectivity index (χ4n) is 1.69. The van der Waals surface area contributed by atoms with E-state index in [1.54, 1.807) is 6.07 Å². The van der Waals surface area contributed by atoms with Crippen molar-refractivity contribution in [2.45, 2.75) is 12.0 Å².